The average molecular weight is 428 g/mol. The summed E-state index contributed by atoms with van der Waals surface area (Å²) in [5.74, 6) is 1.77. The number of aromatic nitrogens is 2. The van der Waals surface area contributed by atoms with Gasteiger partial charge in [0.05, 0.1) is 30.3 Å². The van der Waals surface area contributed by atoms with Crippen molar-refractivity contribution in [2.45, 2.75) is 26.4 Å². The third kappa shape index (κ3) is 4.39. The van der Waals surface area contributed by atoms with Crippen LogP contribution in [-0.2, 0) is 0 Å². The highest BCUT2D eigenvalue weighted by Gasteiger charge is 2.12. The molecule has 0 aliphatic carbocycles. The minimum Gasteiger partial charge on any atom is -0.493 e. The van der Waals surface area contributed by atoms with Crippen LogP contribution in [0.3, 0.4) is 0 Å². The Hall–Kier alpha value is -3.93. The number of ether oxygens (including phenoxy) is 2. The van der Waals surface area contributed by atoms with E-state index in [9.17, 15) is 4.79 Å². The lowest BCUT2D eigenvalue weighted by Crippen LogP contribution is -2.20. The van der Waals surface area contributed by atoms with Crippen LogP contribution in [0.4, 0.5) is 0 Å². The number of hydrogen-bond donors (Lipinski definition) is 0. The SMILES string of the molecule is CC[C@@H](C)Oc1ccc(C=Nn2c(-c3ccccc3)nc3ccccc3c2=O)cc1OC. The zero-order chi connectivity index (χ0) is 22.5. The second-order valence-electron chi connectivity index (χ2n) is 7.43. The Labute approximate surface area is 186 Å². The number of fused-ring (bicyclic) bond motifs is 1. The molecule has 1 atom stereocenters. The fourth-order valence-corrected chi connectivity index (χ4v) is 3.29. The second kappa shape index (κ2) is 9.47. The molecule has 6 heteroatoms. The molecule has 1 heterocycles. The smallest absolute Gasteiger partial charge is 0.282 e. The van der Waals surface area contributed by atoms with E-state index in [0.717, 1.165) is 17.5 Å². The van der Waals surface area contributed by atoms with E-state index < -0.39 is 0 Å². The van der Waals surface area contributed by atoms with Crippen LogP contribution in [0.2, 0.25) is 0 Å². The molecular weight excluding hydrogens is 402 g/mol. The van der Waals surface area contributed by atoms with Crippen molar-refractivity contribution in [1.82, 2.24) is 9.66 Å². The van der Waals surface area contributed by atoms with Gasteiger partial charge in [0.2, 0.25) is 0 Å². The Kier molecular flexibility index (Phi) is 6.31. The van der Waals surface area contributed by atoms with Gasteiger partial charge in [-0.1, -0.05) is 49.4 Å². The molecule has 0 radical (unpaired) electrons. The van der Waals surface area contributed by atoms with Crippen molar-refractivity contribution in [3.05, 3.63) is 88.7 Å². The first kappa shape index (κ1) is 21.3. The lowest BCUT2D eigenvalue weighted by Gasteiger charge is -2.15. The van der Waals surface area contributed by atoms with Gasteiger partial charge >= 0.3 is 0 Å². The largest absolute Gasteiger partial charge is 0.493 e. The first-order valence-electron chi connectivity index (χ1n) is 10.6. The molecule has 0 unspecified atom stereocenters. The Morgan fingerprint density at radius 3 is 2.53 bits per heavy atom. The highest BCUT2D eigenvalue weighted by Crippen LogP contribution is 2.29. The predicted octanol–water partition coefficient (Wildman–Crippen LogP) is 5.13. The van der Waals surface area contributed by atoms with Crippen molar-refractivity contribution in [3.8, 4) is 22.9 Å². The van der Waals surface area contributed by atoms with E-state index in [2.05, 4.69) is 12.0 Å². The molecule has 0 N–H and O–H groups in total. The van der Waals surface area contributed by atoms with Crippen LogP contribution in [0.1, 0.15) is 25.8 Å². The maximum absolute atomic E-state index is 13.2. The maximum atomic E-state index is 13.2. The lowest BCUT2D eigenvalue weighted by molar-refractivity contribution is 0.207. The van der Waals surface area contributed by atoms with Crippen LogP contribution >= 0.6 is 0 Å². The van der Waals surface area contributed by atoms with E-state index in [1.165, 1.54) is 4.68 Å². The van der Waals surface area contributed by atoms with Crippen LogP contribution in [-0.4, -0.2) is 29.1 Å². The van der Waals surface area contributed by atoms with Gasteiger partial charge in [0.1, 0.15) is 0 Å². The summed E-state index contributed by atoms with van der Waals surface area (Å²) < 4.78 is 12.7. The van der Waals surface area contributed by atoms with E-state index in [-0.39, 0.29) is 11.7 Å². The number of methoxy groups -OCH3 is 1. The van der Waals surface area contributed by atoms with Crippen molar-refractivity contribution in [2.24, 2.45) is 5.10 Å². The molecular formula is C26H25N3O3. The first-order chi connectivity index (χ1) is 15.6. The van der Waals surface area contributed by atoms with Crippen LogP contribution in [0.5, 0.6) is 11.5 Å². The molecule has 0 aliphatic heterocycles. The maximum Gasteiger partial charge on any atom is 0.282 e. The van der Waals surface area contributed by atoms with Crippen molar-refractivity contribution < 1.29 is 9.47 Å². The highest BCUT2D eigenvalue weighted by molar-refractivity contribution is 5.82. The summed E-state index contributed by atoms with van der Waals surface area (Å²) >= 11 is 0. The molecule has 1 aromatic heterocycles. The summed E-state index contributed by atoms with van der Waals surface area (Å²) in [5.41, 5.74) is 1.99. The Balaban J connectivity index is 1.79. The fourth-order valence-electron chi connectivity index (χ4n) is 3.29. The molecule has 0 bridgehead atoms. The van der Waals surface area contributed by atoms with Gasteiger partial charge in [-0.2, -0.15) is 9.78 Å². The molecule has 0 saturated heterocycles. The number of hydrogen-bond acceptors (Lipinski definition) is 5. The Morgan fingerprint density at radius 1 is 1.03 bits per heavy atom. The molecule has 162 valence electrons. The first-order valence-corrected chi connectivity index (χ1v) is 10.6. The van der Waals surface area contributed by atoms with Gasteiger partial charge in [0.25, 0.3) is 5.56 Å². The number of para-hydroxylation sites is 1. The molecule has 0 fully saturated rings. The van der Waals surface area contributed by atoms with Crippen LogP contribution < -0.4 is 15.0 Å². The van der Waals surface area contributed by atoms with E-state index in [1.807, 2.05) is 73.7 Å². The Bertz CT molecular complexity index is 1310. The monoisotopic (exact) mass is 427 g/mol. The summed E-state index contributed by atoms with van der Waals surface area (Å²) in [6, 6.07) is 22.4. The van der Waals surface area contributed by atoms with Crippen LogP contribution in [0, 0.1) is 0 Å². The summed E-state index contributed by atoms with van der Waals surface area (Å²) in [7, 11) is 1.60. The average Bonchev–Trinajstić information content (AvgIpc) is 2.84. The van der Waals surface area contributed by atoms with Gasteiger partial charge in [0.15, 0.2) is 17.3 Å². The topological polar surface area (TPSA) is 65.7 Å². The van der Waals surface area contributed by atoms with Crippen molar-refractivity contribution >= 4 is 17.1 Å². The summed E-state index contributed by atoms with van der Waals surface area (Å²) in [6.45, 7) is 4.08. The molecule has 0 spiro atoms. The number of benzene rings is 3. The van der Waals surface area contributed by atoms with Gasteiger partial charge in [-0.15, -0.1) is 0 Å². The minimum absolute atomic E-state index is 0.0825. The zero-order valence-electron chi connectivity index (χ0n) is 18.4. The standard InChI is InChI=1S/C26H25N3O3/c1-4-18(2)32-23-15-14-19(16-24(23)31-3)17-27-29-25(20-10-6-5-7-11-20)28-22-13-9-8-12-21(22)26(29)30/h5-18H,4H2,1-3H3/t18-/m1/s1. The summed E-state index contributed by atoms with van der Waals surface area (Å²) in [6.07, 6.45) is 2.60. The molecule has 4 rings (SSSR count). The van der Waals surface area contributed by atoms with E-state index in [1.54, 1.807) is 19.4 Å². The normalized spacial score (nSPS) is 12.2. The van der Waals surface area contributed by atoms with Crippen LogP contribution in [0.25, 0.3) is 22.3 Å². The van der Waals surface area contributed by atoms with Gasteiger partial charge in [-0.05, 0) is 49.2 Å². The summed E-state index contributed by atoms with van der Waals surface area (Å²) in [4.78, 5) is 18.0. The third-order valence-corrected chi connectivity index (χ3v) is 5.20. The second-order valence-corrected chi connectivity index (χ2v) is 7.43. The molecule has 4 aromatic rings. The van der Waals surface area contributed by atoms with Crippen molar-refractivity contribution in [3.63, 3.8) is 0 Å². The van der Waals surface area contributed by atoms with E-state index in [0.29, 0.717) is 28.2 Å². The Morgan fingerprint density at radius 2 is 1.78 bits per heavy atom. The molecule has 0 aliphatic rings. The molecule has 32 heavy (non-hydrogen) atoms. The highest BCUT2D eigenvalue weighted by atomic mass is 16.5. The molecule has 0 saturated carbocycles. The van der Waals surface area contributed by atoms with Gasteiger partial charge in [-0.25, -0.2) is 4.98 Å². The van der Waals surface area contributed by atoms with Crippen molar-refractivity contribution in [1.29, 1.82) is 0 Å². The van der Waals surface area contributed by atoms with Gasteiger partial charge in [0, 0.05) is 5.56 Å². The van der Waals surface area contributed by atoms with Crippen LogP contribution in [0.15, 0.2) is 82.7 Å². The van der Waals surface area contributed by atoms with Crippen molar-refractivity contribution in [2.75, 3.05) is 7.11 Å². The molecule has 0 amide bonds. The van der Waals surface area contributed by atoms with Gasteiger partial charge in [-0.3, -0.25) is 4.79 Å². The summed E-state index contributed by atoms with van der Waals surface area (Å²) in [5, 5.41) is 5.02. The van der Waals surface area contributed by atoms with E-state index >= 15 is 0 Å². The van der Waals surface area contributed by atoms with Gasteiger partial charge < -0.3 is 9.47 Å². The zero-order valence-corrected chi connectivity index (χ0v) is 18.4. The third-order valence-electron chi connectivity index (χ3n) is 5.20. The lowest BCUT2D eigenvalue weighted by atomic mass is 10.2. The molecule has 6 nitrogen and oxygen atoms in total. The minimum atomic E-state index is -0.227. The quantitative estimate of drug-likeness (QED) is 0.384. The van der Waals surface area contributed by atoms with E-state index in [4.69, 9.17) is 14.5 Å². The number of nitrogens with zero attached hydrogens (tertiary/aromatic N) is 3. The fraction of sp³-hybridized carbons (Fsp3) is 0.192. The number of rotatable bonds is 7. The molecule has 3 aromatic carbocycles. The predicted molar refractivity (Wildman–Crippen MR) is 128 cm³/mol.